The van der Waals surface area contributed by atoms with Crippen LogP contribution >= 0.6 is 0 Å². The van der Waals surface area contributed by atoms with Crippen LogP contribution in [0.15, 0.2) is 48.6 Å². The maximum atomic E-state index is 13.1. The van der Waals surface area contributed by atoms with Gasteiger partial charge < -0.3 is 20.3 Å². The van der Waals surface area contributed by atoms with E-state index in [2.05, 4.69) is 50.4 Å². The SMILES string of the molecule is CC/C=C/C=C/C=C/C=C\CCCCCC(CC(=O)NC(CO)C(O)CCCCCCCCCCCCCCC)OC(=O)CCCCCCCCCCCCC. The summed E-state index contributed by atoms with van der Waals surface area (Å²) < 4.78 is 5.89. The first-order chi connectivity index (χ1) is 27.5. The Labute approximate surface area is 346 Å². The van der Waals surface area contributed by atoms with Gasteiger partial charge >= 0.3 is 5.97 Å². The molecular weight excluding hydrogens is 695 g/mol. The quantitative estimate of drug-likeness (QED) is 0.0325. The minimum absolute atomic E-state index is 0.0532. The predicted molar refractivity (Wildman–Crippen MR) is 241 cm³/mol. The maximum absolute atomic E-state index is 13.1. The van der Waals surface area contributed by atoms with Crippen molar-refractivity contribution in [2.75, 3.05) is 6.61 Å². The molecule has 0 rings (SSSR count). The van der Waals surface area contributed by atoms with Crippen molar-refractivity contribution in [2.24, 2.45) is 0 Å². The van der Waals surface area contributed by atoms with Crippen LogP contribution in [0.2, 0.25) is 0 Å². The lowest BCUT2D eigenvalue weighted by Gasteiger charge is -2.24. The van der Waals surface area contributed by atoms with Crippen LogP contribution in [0.25, 0.3) is 0 Å². The molecule has 0 radical (unpaired) electrons. The van der Waals surface area contributed by atoms with Crippen molar-refractivity contribution in [2.45, 2.75) is 251 Å². The first-order valence-corrected chi connectivity index (χ1v) is 23.9. The highest BCUT2D eigenvalue weighted by Crippen LogP contribution is 2.17. The molecule has 0 aromatic rings. The monoisotopic (exact) mass is 786 g/mol. The molecule has 0 aromatic heterocycles. The number of nitrogens with one attached hydrogen (secondary N) is 1. The van der Waals surface area contributed by atoms with Gasteiger partial charge in [0.2, 0.25) is 5.91 Å². The molecule has 0 saturated carbocycles. The highest BCUT2D eigenvalue weighted by Gasteiger charge is 2.24. The Balaban J connectivity index is 4.63. The topological polar surface area (TPSA) is 95.9 Å². The second kappa shape index (κ2) is 43.9. The highest BCUT2D eigenvalue weighted by molar-refractivity contribution is 5.77. The average Bonchev–Trinajstić information content (AvgIpc) is 3.19. The number of carbonyl (C=O) groups is 2. The van der Waals surface area contributed by atoms with Crippen molar-refractivity contribution < 1.29 is 24.5 Å². The third kappa shape index (κ3) is 38.7. The molecule has 0 aliphatic carbocycles. The number of allylic oxidation sites excluding steroid dienone is 8. The number of rotatable bonds is 42. The van der Waals surface area contributed by atoms with Gasteiger partial charge in [0.25, 0.3) is 0 Å². The third-order valence-electron chi connectivity index (χ3n) is 10.8. The average molecular weight is 786 g/mol. The third-order valence-corrected chi connectivity index (χ3v) is 10.8. The highest BCUT2D eigenvalue weighted by atomic mass is 16.5. The van der Waals surface area contributed by atoms with E-state index in [0.717, 1.165) is 70.6 Å². The van der Waals surface area contributed by atoms with Crippen LogP contribution in [0.5, 0.6) is 0 Å². The molecule has 3 unspecified atom stereocenters. The van der Waals surface area contributed by atoms with E-state index in [9.17, 15) is 19.8 Å². The molecule has 0 bridgehead atoms. The summed E-state index contributed by atoms with van der Waals surface area (Å²) in [5.74, 6) is -0.510. The van der Waals surface area contributed by atoms with Crippen LogP contribution in [0, 0.1) is 0 Å². The molecule has 0 saturated heterocycles. The van der Waals surface area contributed by atoms with Crippen LogP contribution in [0.1, 0.15) is 233 Å². The van der Waals surface area contributed by atoms with Crippen molar-refractivity contribution in [3.63, 3.8) is 0 Å². The van der Waals surface area contributed by atoms with Crippen molar-refractivity contribution in [3.05, 3.63) is 48.6 Å². The molecule has 0 aliphatic rings. The summed E-state index contributed by atoms with van der Waals surface area (Å²) in [4.78, 5) is 26.0. The fourth-order valence-electron chi connectivity index (χ4n) is 7.15. The number of hydrogen-bond acceptors (Lipinski definition) is 5. The molecule has 0 fully saturated rings. The number of aliphatic hydroxyl groups excluding tert-OH is 2. The Morgan fingerprint density at radius 2 is 0.964 bits per heavy atom. The summed E-state index contributed by atoms with van der Waals surface area (Å²) >= 11 is 0. The van der Waals surface area contributed by atoms with Crippen LogP contribution in [-0.2, 0) is 14.3 Å². The zero-order valence-electron chi connectivity index (χ0n) is 37.0. The maximum Gasteiger partial charge on any atom is 0.306 e. The number of esters is 1. The van der Waals surface area contributed by atoms with Gasteiger partial charge in [-0.2, -0.15) is 0 Å². The van der Waals surface area contributed by atoms with Gasteiger partial charge in [-0.3, -0.25) is 9.59 Å². The van der Waals surface area contributed by atoms with E-state index in [1.807, 2.05) is 24.3 Å². The smallest absolute Gasteiger partial charge is 0.306 e. The number of amides is 1. The lowest BCUT2D eigenvalue weighted by atomic mass is 10.0. The Morgan fingerprint density at radius 3 is 1.46 bits per heavy atom. The minimum atomic E-state index is -0.796. The fraction of sp³-hybridized carbons (Fsp3) is 0.800. The summed E-state index contributed by atoms with van der Waals surface area (Å²) in [6.07, 6.45) is 51.7. The number of unbranched alkanes of at least 4 members (excludes halogenated alkanes) is 25. The Hall–Kier alpha value is -2.18. The van der Waals surface area contributed by atoms with Crippen LogP contribution in [-0.4, -0.2) is 46.9 Å². The largest absolute Gasteiger partial charge is 0.462 e. The lowest BCUT2D eigenvalue weighted by molar-refractivity contribution is -0.151. The van der Waals surface area contributed by atoms with Gasteiger partial charge in [0, 0.05) is 6.42 Å². The first kappa shape index (κ1) is 53.8. The van der Waals surface area contributed by atoms with Crippen LogP contribution < -0.4 is 5.32 Å². The van der Waals surface area contributed by atoms with E-state index in [1.165, 1.54) is 116 Å². The first-order valence-electron chi connectivity index (χ1n) is 23.9. The molecule has 0 spiro atoms. The second-order valence-electron chi connectivity index (χ2n) is 16.2. The van der Waals surface area contributed by atoms with Crippen molar-refractivity contribution >= 4 is 11.9 Å². The van der Waals surface area contributed by atoms with Gasteiger partial charge in [0.05, 0.1) is 25.2 Å². The minimum Gasteiger partial charge on any atom is -0.462 e. The van der Waals surface area contributed by atoms with Crippen molar-refractivity contribution in [1.29, 1.82) is 0 Å². The molecule has 1 amide bonds. The van der Waals surface area contributed by atoms with E-state index in [0.29, 0.717) is 19.3 Å². The fourth-order valence-corrected chi connectivity index (χ4v) is 7.15. The summed E-state index contributed by atoms with van der Waals surface area (Å²) in [7, 11) is 0. The van der Waals surface area contributed by atoms with Gasteiger partial charge in [-0.15, -0.1) is 0 Å². The van der Waals surface area contributed by atoms with Crippen molar-refractivity contribution in [3.8, 4) is 0 Å². The zero-order valence-corrected chi connectivity index (χ0v) is 37.0. The molecule has 3 atom stereocenters. The number of aliphatic hydroxyl groups is 2. The van der Waals surface area contributed by atoms with E-state index < -0.39 is 18.2 Å². The van der Waals surface area contributed by atoms with Gasteiger partial charge in [0.1, 0.15) is 6.10 Å². The van der Waals surface area contributed by atoms with Gasteiger partial charge in [0.15, 0.2) is 0 Å². The van der Waals surface area contributed by atoms with Crippen LogP contribution in [0.3, 0.4) is 0 Å². The summed E-state index contributed by atoms with van der Waals surface area (Å²) in [6, 6.07) is -0.711. The molecule has 0 aromatic carbocycles. The van der Waals surface area contributed by atoms with E-state index in [4.69, 9.17) is 4.74 Å². The molecule has 0 heterocycles. The summed E-state index contributed by atoms with van der Waals surface area (Å²) in [5.41, 5.74) is 0. The molecule has 3 N–H and O–H groups in total. The standard InChI is InChI=1S/C50H91NO5/c1-4-7-10-13-16-19-22-24-27-29-32-35-38-41-46(56-50(55)43-40-37-34-31-26-21-18-15-12-9-6-3)44-49(54)51-47(45-52)48(53)42-39-36-33-30-28-25-23-20-17-14-11-8-5-2/h7,10,13,16,19,22,24,27,46-48,52-53H,4-6,8-9,11-12,14-15,17-18,20-21,23,25-26,28-45H2,1-3H3,(H,51,54)/b10-7+,16-13+,22-19+,27-24-. The molecular formula is C50H91NO5. The number of carbonyl (C=O) groups excluding carboxylic acids is 2. The summed E-state index contributed by atoms with van der Waals surface area (Å²) in [6.45, 7) is 6.32. The Kier molecular flexibility index (Phi) is 42.2. The van der Waals surface area contributed by atoms with Crippen LogP contribution in [0.4, 0.5) is 0 Å². The molecule has 6 nitrogen and oxygen atoms in total. The van der Waals surface area contributed by atoms with Gasteiger partial charge in [-0.05, 0) is 44.9 Å². The van der Waals surface area contributed by atoms with E-state index in [1.54, 1.807) is 0 Å². The number of hydrogen-bond donors (Lipinski definition) is 3. The molecule has 326 valence electrons. The number of ether oxygens (including phenoxy) is 1. The van der Waals surface area contributed by atoms with E-state index >= 15 is 0 Å². The Bertz CT molecular complexity index is 972. The van der Waals surface area contributed by atoms with Gasteiger partial charge in [-0.25, -0.2) is 0 Å². The molecule has 0 aliphatic heterocycles. The summed E-state index contributed by atoms with van der Waals surface area (Å²) in [5, 5.41) is 23.7. The Morgan fingerprint density at radius 1 is 0.536 bits per heavy atom. The zero-order chi connectivity index (χ0) is 41.0. The molecule has 56 heavy (non-hydrogen) atoms. The normalized spacial score (nSPS) is 13.7. The van der Waals surface area contributed by atoms with E-state index in [-0.39, 0.29) is 24.9 Å². The lowest BCUT2D eigenvalue weighted by Crippen LogP contribution is -2.46. The van der Waals surface area contributed by atoms with Gasteiger partial charge in [-0.1, -0.05) is 223 Å². The van der Waals surface area contributed by atoms with Crippen molar-refractivity contribution in [1.82, 2.24) is 5.32 Å². The second-order valence-corrected chi connectivity index (χ2v) is 16.2. The predicted octanol–water partition coefficient (Wildman–Crippen LogP) is 13.9. The molecule has 6 heteroatoms.